The molecule has 0 bridgehead atoms. The Bertz CT molecular complexity index is 733. The van der Waals surface area contributed by atoms with E-state index in [0.29, 0.717) is 19.3 Å². The van der Waals surface area contributed by atoms with Gasteiger partial charge in [0.25, 0.3) is 0 Å². The van der Waals surface area contributed by atoms with Crippen LogP contribution < -0.4 is 0 Å². The molecule has 0 amide bonds. The van der Waals surface area contributed by atoms with Crippen LogP contribution in [0.1, 0.15) is 51.4 Å². The topological polar surface area (TPSA) is 222 Å². The van der Waals surface area contributed by atoms with Crippen molar-refractivity contribution in [3.8, 4) is 0 Å². The molecular formula is C24H40O14. The lowest BCUT2D eigenvalue weighted by atomic mass is 9.98. The summed E-state index contributed by atoms with van der Waals surface area (Å²) in [6.45, 7) is 2.16. The SMILES string of the molecule is C=COC(=O)CCCCCCCCC(=O)OC[C@H]1O[C@H](O[C@H]2O[C@H](CO)[C@@H](O)[C@H](O)[C@H]2O)[C@H](O)[C@@H](O)[C@@H]1O. The van der Waals surface area contributed by atoms with Crippen LogP contribution in [0.3, 0.4) is 0 Å². The fourth-order valence-corrected chi connectivity index (χ4v) is 4.12. The van der Waals surface area contributed by atoms with E-state index in [4.69, 9.17) is 18.9 Å². The third-order valence-corrected chi connectivity index (χ3v) is 6.42. The maximum absolute atomic E-state index is 12.1. The Morgan fingerprint density at radius 1 is 0.684 bits per heavy atom. The van der Waals surface area contributed by atoms with Gasteiger partial charge in [0.2, 0.25) is 0 Å². The van der Waals surface area contributed by atoms with E-state index in [-0.39, 0.29) is 12.4 Å². The molecule has 38 heavy (non-hydrogen) atoms. The van der Waals surface area contributed by atoms with Crippen LogP contribution in [0.2, 0.25) is 0 Å². The van der Waals surface area contributed by atoms with Crippen LogP contribution in [-0.2, 0) is 33.3 Å². The molecule has 2 heterocycles. The molecule has 14 heteroatoms. The molecule has 0 radical (unpaired) electrons. The quantitative estimate of drug-likeness (QED) is 0.0661. The predicted octanol–water partition coefficient (Wildman–Crippen LogP) is -2.04. The van der Waals surface area contributed by atoms with Gasteiger partial charge < -0.3 is 59.4 Å². The molecule has 0 aromatic rings. The summed E-state index contributed by atoms with van der Waals surface area (Å²) in [7, 11) is 0. The van der Waals surface area contributed by atoms with E-state index in [2.05, 4.69) is 11.3 Å². The van der Waals surface area contributed by atoms with Crippen molar-refractivity contribution >= 4 is 11.9 Å². The molecule has 2 fully saturated rings. The van der Waals surface area contributed by atoms with Crippen LogP contribution in [0.5, 0.6) is 0 Å². The number of esters is 2. The van der Waals surface area contributed by atoms with Gasteiger partial charge in [-0.3, -0.25) is 9.59 Å². The van der Waals surface area contributed by atoms with E-state index in [1.807, 2.05) is 0 Å². The van der Waals surface area contributed by atoms with Gasteiger partial charge in [-0.15, -0.1) is 0 Å². The largest absolute Gasteiger partial charge is 0.463 e. The molecule has 2 aliphatic rings. The Balaban J connectivity index is 1.73. The van der Waals surface area contributed by atoms with Crippen LogP contribution in [-0.4, -0.2) is 122 Å². The number of ether oxygens (including phenoxy) is 5. The summed E-state index contributed by atoms with van der Waals surface area (Å²) in [6, 6.07) is 0. The molecule has 0 aromatic carbocycles. The Labute approximate surface area is 220 Å². The number of carbonyl (C=O) groups is 2. The molecule has 2 aliphatic heterocycles. The highest BCUT2D eigenvalue weighted by molar-refractivity contribution is 5.70. The molecule has 0 aromatic heterocycles. The first kappa shape index (κ1) is 32.5. The van der Waals surface area contributed by atoms with Gasteiger partial charge in [0.05, 0.1) is 12.9 Å². The minimum atomic E-state index is -1.79. The summed E-state index contributed by atoms with van der Waals surface area (Å²) in [5.74, 6) is -0.872. The van der Waals surface area contributed by atoms with E-state index in [1.54, 1.807) is 0 Å². The van der Waals surface area contributed by atoms with Crippen molar-refractivity contribution in [3.05, 3.63) is 12.8 Å². The number of aliphatic hydroxyl groups is 7. The Morgan fingerprint density at radius 2 is 1.16 bits per heavy atom. The summed E-state index contributed by atoms with van der Waals surface area (Å²) in [5.41, 5.74) is 0. The molecule has 2 saturated heterocycles. The molecule has 10 atom stereocenters. The Morgan fingerprint density at radius 3 is 1.68 bits per heavy atom. The summed E-state index contributed by atoms with van der Waals surface area (Å²) < 4.78 is 25.7. The molecule has 220 valence electrons. The van der Waals surface area contributed by atoms with Crippen molar-refractivity contribution < 1.29 is 69.0 Å². The van der Waals surface area contributed by atoms with Gasteiger partial charge in [0.1, 0.15) is 55.4 Å². The summed E-state index contributed by atoms with van der Waals surface area (Å²) in [6.07, 6.45) is -10.0. The normalized spacial score (nSPS) is 35.4. The Kier molecular flexibility index (Phi) is 14.0. The zero-order chi connectivity index (χ0) is 28.2. The maximum Gasteiger partial charge on any atom is 0.310 e. The van der Waals surface area contributed by atoms with Crippen LogP contribution in [0, 0.1) is 0 Å². The standard InChI is InChI=1S/C24H40O14/c1-2-34-15(26)9-7-5-3-4-6-8-10-16(27)35-12-14-18(29)20(31)22(33)24(37-14)38-23-21(32)19(30)17(28)13(11-25)36-23/h2,13-14,17-25,28-33H,1,3-12H2/t13-,14-,17-,18-,19+,20+,21-,22-,23-,24-/m1/s1. The maximum atomic E-state index is 12.1. The number of hydrogen-bond acceptors (Lipinski definition) is 14. The van der Waals surface area contributed by atoms with Crippen LogP contribution in [0.4, 0.5) is 0 Å². The molecule has 14 nitrogen and oxygen atoms in total. The number of carbonyl (C=O) groups excluding carboxylic acids is 2. The first-order chi connectivity index (χ1) is 18.1. The zero-order valence-electron chi connectivity index (χ0n) is 21.1. The van der Waals surface area contributed by atoms with Crippen molar-refractivity contribution in [2.75, 3.05) is 13.2 Å². The number of hydrogen-bond donors (Lipinski definition) is 7. The van der Waals surface area contributed by atoms with E-state index in [0.717, 1.165) is 31.9 Å². The lowest BCUT2D eigenvalue weighted by Gasteiger charge is -2.44. The smallest absolute Gasteiger partial charge is 0.310 e. The lowest BCUT2D eigenvalue weighted by molar-refractivity contribution is -0.376. The van der Waals surface area contributed by atoms with Gasteiger partial charge in [0.15, 0.2) is 12.6 Å². The molecule has 0 saturated carbocycles. The first-order valence-electron chi connectivity index (χ1n) is 12.7. The molecule has 0 unspecified atom stereocenters. The van der Waals surface area contributed by atoms with Gasteiger partial charge in [-0.05, 0) is 12.8 Å². The monoisotopic (exact) mass is 552 g/mol. The van der Waals surface area contributed by atoms with Gasteiger partial charge in [-0.2, -0.15) is 0 Å². The van der Waals surface area contributed by atoms with E-state index in [9.17, 15) is 45.3 Å². The van der Waals surface area contributed by atoms with Crippen LogP contribution in [0.25, 0.3) is 0 Å². The highest BCUT2D eigenvalue weighted by atomic mass is 16.8. The Hall–Kier alpha value is -1.72. The predicted molar refractivity (Wildman–Crippen MR) is 126 cm³/mol. The van der Waals surface area contributed by atoms with Crippen molar-refractivity contribution in [3.63, 3.8) is 0 Å². The van der Waals surface area contributed by atoms with Gasteiger partial charge in [-0.1, -0.05) is 32.3 Å². The van der Waals surface area contributed by atoms with Crippen LogP contribution >= 0.6 is 0 Å². The van der Waals surface area contributed by atoms with E-state index >= 15 is 0 Å². The highest BCUT2D eigenvalue weighted by Gasteiger charge is 2.49. The van der Waals surface area contributed by atoms with E-state index in [1.165, 1.54) is 0 Å². The third-order valence-electron chi connectivity index (χ3n) is 6.42. The fourth-order valence-electron chi connectivity index (χ4n) is 4.12. The third kappa shape index (κ3) is 9.48. The summed E-state index contributed by atoms with van der Waals surface area (Å²) in [4.78, 5) is 23.3. The molecular weight excluding hydrogens is 512 g/mol. The minimum absolute atomic E-state index is 0.116. The average Bonchev–Trinajstić information content (AvgIpc) is 2.89. The highest BCUT2D eigenvalue weighted by Crippen LogP contribution is 2.28. The molecule has 2 rings (SSSR count). The number of rotatable bonds is 15. The number of unbranched alkanes of at least 4 members (excludes halogenated alkanes) is 5. The fraction of sp³-hybridized carbons (Fsp3) is 0.833. The van der Waals surface area contributed by atoms with Gasteiger partial charge in [0, 0.05) is 12.8 Å². The van der Waals surface area contributed by atoms with Gasteiger partial charge in [-0.25, -0.2) is 0 Å². The molecule has 0 spiro atoms. The lowest BCUT2D eigenvalue weighted by Crippen LogP contribution is -2.63. The van der Waals surface area contributed by atoms with Crippen molar-refractivity contribution in [2.24, 2.45) is 0 Å². The first-order valence-corrected chi connectivity index (χ1v) is 12.7. The van der Waals surface area contributed by atoms with Crippen LogP contribution in [0.15, 0.2) is 12.8 Å². The summed E-state index contributed by atoms with van der Waals surface area (Å²) in [5, 5.41) is 69.8. The van der Waals surface area contributed by atoms with E-state index < -0.39 is 80.6 Å². The van der Waals surface area contributed by atoms with Crippen molar-refractivity contribution in [1.29, 1.82) is 0 Å². The molecule has 7 N–H and O–H groups in total. The second-order valence-electron chi connectivity index (χ2n) is 9.31. The second kappa shape index (κ2) is 16.4. The molecule has 0 aliphatic carbocycles. The number of aliphatic hydroxyl groups excluding tert-OH is 7. The second-order valence-corrected chi connectivity index (χ2v) is 9.31. The summed E-state index contributed by atoms with van der Waals surface area (Å²) >= 11 is 0. The van der Waals surface area contributed by atoms with Crippen molar-refractivity contribution in [2.45, 2.75) is 113 Å². The zero-order valence-corrected chi connectivity index (χ0v) is 21.1. The van der Waals surface area contributed by atoms with Gasteiger partial charge >= 0.3 is 11.9 Å². The average molecular weight is 553 g/mol. The minimum Gasteiger partial charge on any atom is -0.463 e. The van der Waals surface area contributed by atoms with Crippen molar-refractivity contribution in [1.82, 2.24) is 0 Å².